The molecule has 1 aromatic heterocycles. The standard InChI is InChI=1S/C23H25F2N3O4S/c1-12(32-2)14-6-7-16(21(8-14)33(3,30)31)27-17-9-15(10-20(29)13-4-5-13)26-18-11-19(23(24)25)28-22(17)18/h6-9,12-13,23H,4-5,10-11H2,1-3H3,(H,26,27). The molecule has 1 atom stereocenters. The van der Waals surface area contributed by atoms with Gasteiger partial charge in [0.15, 0.2) is 9.84 Å². The number of ether oxygens (including phenoxy) is 1. The summed E-state index contributed by atoms with van der Waals surface area (Å²) in [6.07, 6.45) is -0.253. The van der Waals surface area contributed by atoms with Gasteiger partial charge in [-0.15, -0.1) is 0 Å². The predicted molar refractivity (Wildman–Crippen MR) is 121 cm³/mol. The van der Waals surface area contributed by atoms with Gasteiger partial charge in [0, 0.05) is 32.1 Å². The molecule has 1 aliphatic carbocycles. The van der Waals surface area contributed by atoms with Crippen molar-refractivity contribution >= 4 is 38.4 Å². The number of carbonyl (C=O) groups excluding carboxylic acids is 1. The average Bonchev–Trinajstić information content (AvgIpc) is 3.51. The number of rotatable bonds is 9. The van der Waals surface area contributed by atoms with Gasteiger partial charge in [-0.1, -0.05) is 6.07 Å². The Morgan fingerprint density at radius 1 is 1.24 bits per heavy atom. The number of ketones is 1. The summed E-state index contributed by atoms with van der Waals surface area (Å²) in [6.45, 7) is 1.80. The minimum atomic E-state index is -3.63. The fourth-order valence-corrected chi connectivity index (χ4v) is 4.64. The molecule has 1 aliphatic heterocycles. The Balaban J connectivity index is 1.76. The van der Waals surface area contributed by atoms with E-state index in [1.807, 2.05) is 0 Å². The number of Topliss-reactive ketones (excluding diaryl/α,β-unsaturated/α-hetero) is 1. The van der Waals surface area contributed by atoms with Crippen LogP contribution in [0.5, 0.6) is 0 Å². The van der Waals surface area contributed by atoms with Crippen molar-refractivity contribution in [2.24, 2.45) is 10.9 Å². The van der Waals surface area contributed by atoms with Gasteiger partial charge in [0.2, 0.25) is 0 Å². The first kappa shape index (κ1) is 23.4. The molecule has 1 aromatic carbocycles. The number of anilines is 2. The van der Waals surface area contributed by atoms with E-state index < -0.39 is 16.3 Å². The first-order valence-corrected chi connectivity index (χ1v) is 12.5. The Bertz CT molecular complexity index is 1240. The molecular weight excluding hydrogens is 452 g/mol. The lowest BCUT2D eigenvalue weighted by Crippen LogP contribution is -2.11. The molecule has 0 bridgehead atoms. The van der Waals surface area contributed by atoms with E-state index in [1.165, 1.54) is 13.2 Å². The van der Waals surface area contributed by atoms with Crippen molar-refractivity contribution < 1.29 is 26.7 Å². The van der Waals surface area contributed by atoms with E-state index in [1.54, 1.807) is 25.1 Å². The van der Waals surface area contributed by atoms with Crippen molar-refractivity contribution in [2.75, 3.05) is 18.7 Å². The van der Waals surface area contributed by atoms with E-state index in [4.69, 9.17) is 4.74 Å². The molecule has 10 heteroatoms. The maximum absolute atomic E-state index is 13.3. The fraction of sp³-hybridized carbons (Fsp3) is 0.435. The molecule has 33 heavy (non-hydrogen) atoms. The van der Waals surface area contributed by atoms with Crippen LogP contribution in [0.4, 0.5) is 25.8 Å². The van der Waals surface area contributed by atoms with Crippen LogP contribution < -0.4 is 5.32 Å². The van der Waals surface area contributed by atoms with Gasteiger partial charge in [0.25, 0.3) is 6.43 Å². The molecule has 1 N–H and O–H groups in total. The minimum absolute atomic E-state index is 0.0384. The number of hydrogen-bond acceptors (Lipinski definition) is 7. The third-order valence-corrected chi connectivity index (χ3v) is 7.00. The van der Waals surface area contributed by atoms with Crippen molar-refractivity contribution in [1.82, 2.24) is 4.98 Å². The second-order valence-electron chi connectivity index (χ2n) is 8.49. The second kappa shape index (κ2) is 8.90. The average molecular weight is 478 g/mol. The summed E-state index contributed by atoms with van der Waals surface area (Å²) in [5.74, 6) is 0.104. The maximum Gasteiger partial charge on any atom is 0.277 e. The van der Waals surface area contributed by atoms with Gasteiger partial charge >= 0.3 is 0 Å². The summed E-state index contributed by atoms with van der Waals surface area (Å²) in [6, 6.07) is 6.46. The number of nitrogens with zero attached hydrogens (tertiary/aromatic N) is 2. The quantitative estimate of drug-likeness (QED) is 0.577. The molecule has 0 saturated heterocycles. The second-order valence-corrected chi connectivity index (χ2v) is 10.5. The number of hydrogen-bond donors (Lipinski definition) is 1. The van der Waals surface area contributed by atoms with E-state index >= 15 is 0 Å². The number of alkyl halides is 2. The first-order chi connectivity index (χ1) is 15.6. The molecule has 0 spiro atoms. The van der Waals surface area contributed by atoms with Crippen LogP contribution in [0.1, 0.15) is 42.8 Å². The van der Waals surface area contributed by atoms with Crippen molar-refractivity contribution in [3.63, 3.8) is 0 Å². The highest BCUT2D eigenvalue weighted by atomic mass is 32.2. The van der Waals surface area contributed by atoms with E-state index in [-0.39, 0.29) is 52.6 Å². The van der Waals surface area contributed by atoms with Gasteiger partial charge in [-0.2, -0.15) is 0 Å². The lowest BCUT2D eigenvalue weighted by atomic mass is 10.1. The van der Waals surface area contributed by atoms with Crippen LogP contribution in [-0.2, 0) is 32.2 Å². The monoisotopic (exact) mass is 477 g/mol. The molecule has 2 aromatic rings. The molecule has 0 amide bonds. The van der Waals surface area contributed by atoms with Crippen LogP contribution in [0.2, 0.25) is 0 Å². The number of methoxy groups -OCH3 is 1. The lowest BCUT2D eigenvalue weighted by molar-refractivity contribution is -0.119. The summed E-state index contributed by atoms with van der Waals surface area (Å²) >= 11 is 0. The number of benzene rings is 1. The Morgan fingerprint density at radius 2 is 1.97 bits per heavy atom. The summed E-state index contributed by atoms with van der Waals surface area (Å²) in [5, 5.41) is 3.06. The van der Waals surface area contributed by atoms with Crippen LogP contribution in [0.25, 0.3) is 0 Å². The highest BCUT2D eigenvalue weighted by Gasteiger charge is 2.31. The summed E-state index contributed by atoms with van der Waals surface area (Å²) in [4.78, 5) is 20.8. The Morgan fingerprint density at radius 3 is 2.58 bits per heavy atom. The minimum Gasteiger partial charge on any atom is -0.377 e. The van der Waals surface area contributed by atoms with Gasteiger partial charge in [0.1, 0.15) is 11.5 Å². The van der Waals surface area contributed by atoms with Crippen LogP contribution >= 0.6 is 0 Å². The molecule has 0 radical (unpaired) electrons. The van der Waals surface area contributed by atoms with Crippen molar-refractivity contribution in [3.8, 4) is 0 Å². The number of nitrogens with one attached hydrogen (secondary N) is 1. The number of halogens is 2. The van der Waals surface area contributed by atoms with Crippen LogP contribution in [-0.4, -0.2) is 44.7 Å². The fourth-order valence-electron chi connectivity index (χ4n) is 3.77. The number of pyridine rings is 1. The zero-order valence-corrected chi connectivity index (χ0v) is 19.4. The summed E-state index contributed by atoms with van der Waals surface area (Å²) < 4.78 is 57.0. The number of fused-ring (bicyclic) bond motifs is 1. The van der Waals surface area contributed by atoms with E-state index in [0.29, 0.717) is 22.6 Å². The molecular formula is C23H25F2N3O4S. The Kier molecular flexibility index (Phi) is 6.32. The van der Waals surface area contributed by atoms with Gasteiger partial charge in [-0.05, 0) is 43.5 Å². The topological polar surface area (TPSA) is 97.7 Å². The van der Waals surface area contributed by atoms with Gasteiger partial charge in [-0.25, -0.2) is 22.2 Å². The highest BCUT2D eigenvalue weighted by molar-refractivity contribution is 7.90. The molecule has 2 aliphatic rings. The molecule has 2 heterocycles. The van der Waals surface area contributed by atoms with E-state index in [9.17, 15) is 22.0 Å². The Hall–Kier alpha value is -2.72. The van der Waals surface area contributed by atoms with E-state index in [2.05, 4.69) is 15.3 Å². The number of sulfone groups is 1. The van der Waals surface area contributed by atoms with Crippen LogP contribution in [0, 0.1) is 5.92 Å². The van der Waals surface area contributed by atoms with E-state index in [0.717, 1.165) is 19.1 Å². The summed E-state index contributed by atoms with van der Waals surface area (Å²) in [5.41, 5.74) is 2.02. The molecule has 1 fully saturated rings. The molecule has 176 valence electrons. The van der Waals surface area contributed by atoms with Crippen molar-refractivity contribution in [1.29, 1.82) is 0 Å². The largest absolute Gasteiger partial charge is 0.377 e. The van der Waals surface area contributed by atoms with Crippen molar-refractivity contribution in [2.45, 2.75) is 50.0 Å². The molecule has 1 unspecified atom stereocenters. The van der Waals surface area contributed by atoms with Crippen LogP contribution in [0.15, 0.2) is 34.2 Å². The van der Waals surface area contributed by atoms with Gasteiger partial charge < -0.3 is 10.1 Å². The Labute approximate surface area is 191 Å². The van der Waals surface area contributed by atoms with Gasteiger partial charge in [0.05, 0.1) is 39.5 Å². The highest BCUT2D eigenvalue weighted by Crippen LogP contribution is 2.39. The normalized spacial score (nSPS) is 16.5. The molecule has 1 saturated carbocycles. The zero-order chi connectivity index (χ0) is 23.9. The SMILES string of the molecule is COC(C)c1ccc(Nc2cc(CC(=O)C3CC3)nc3c2N=C(C(F)F)C3)c(S(C)(=O)=O)c1. The van der Waals surface area contributed by atoms with Crippen LogP contribution in [0.3, 0.4) is 0 Å². The predicted octanol–water partition coefficient (Wildman–Crippen LogP) is 4.35. The molecule has 7 nitrogen and oxygen atoms in total. The smallest absolute Gasteiger partial charge is 0.277 e. The summed E-state index contributed by atoms with van der Waals surface area (Å²) in [7, 11) is -2.10. The molecule has 4 rings (SSSR count). The lowest BCUT2D eigenvalue weighted by Gasteiger charge is -2.17. The number of aromatic nitrogens is 1. The number of aliphatic imine (C=N–C) groups is 1. The van der Waals surface area contributed by atoms with Gasteiger partial charge in [-0.3, -0.25) is 9.78 Å². The first-order valence-electron chi connectivity index (χ1n) is 10.6. The maximum atomic E-state index is 13.3. The number of carbonyl (C=O) groups is 1. The van der Waals surface area contributed by atoms with Crippen molar-refractivity contribution in [3.05, 3.63) is 41.2 Å². The zero-order valence-electron chi connectivity index (χ0n) is 18.6. The third-order valence-electron chi connectivity index (χ3n) is 5.86. The third kappa shape index (κ3) is 5.11.